The molecular formula is C58H80N16O13. The number of phenolic OH excluding ortho intramolecular Hbond substituents is 1. The van der Waals surface area contributed by atoms with Crippen molar-refractivity contribution in [2.24, 2.45) is 28.1 Å². The van der Waals surface area contributed by atoms with E-state index in [0.29, 0.717) is 23.1 Å². The number of urea groups is 1. The van der Waals surface area contributed by atoms with Crippen LogP contribution in [0.1, 0.15) is 82.9 Å². The first-order valence-electron chi connectivity index (χ1n) is 28.4. The first kappa shape index (κ1) is 68.0. The smallest absolute Gasteiger partial charge is 0.334 e. The summed E-state index contributed by atoms with van der Waals surface area (Å²) in [5.41, 5.74) is 24.1. The van der Waals surface area contributed by atoms with Crippen LogP contribution in [0.2, 0.25) is 0 Å². The summed E-state index contributed by atoms with van der Waals surface area (Å²) in [5.74, 6) is -8.83. The van der Waals surface area contributed by atoms with Gasteiger partial charge in [0.25, 0.3) is 5.91 Å². The maximum absolute atomic E-state index is 14.1. The molecule has 1 fully saturated rings. The van der Waals surface area contributed by atoms with Gasteiger partial charge in [-0.05, 0) is 79.8 Å². The fourth-order valence-corrected chi connectivity index (χ4v) is 9.74. The van der Waals surface area contributed by atoms with Crippen LogP contribution in [0.3, 0.4) is 0 Å². The van der Waals surface area contributed by atoms with Gasteiger partial charge >= 0.3 is 6.03 Å². The first-order valence-corrected chi connectivity index (χ1v) is 28.4. The number of hydrogen-bond donors (Lipinski definition) is 16. The number of nitrogens with two attached hydrogens (primary N) is 3. The molecule has 1 saturated heterocycles. The number of guanidine groups is 1. The number of nitrogens with zero attached hydrogens (tertiary/aromatic N) is 2. The van der Waals surface area contributed by atoms with Crippen molar-refractivity contribution in [2.75, 3.05) is 20.1 Å². The number of H-pyrrole nitrogens is 1. The number of para-hydroxylation sites is 1. The van der Waals surface area contributed by atoms with Crippen LogP contribution in [0, 0.1) is 5.92 Å². The number of carbonyl (C=O) groups excluding carboxylic acids is 11. The van der Waals surface area contributed by atoms with Crippen LogP contribution < -0.4 is 70.6 Å². The second kappa shape index (κ2) is 33.0. The first-order chi connectivity index (χ1) is 41.3. The summed E-state index contributed by atoms with van der Waals surface area (Å²) in [6.07, 6.45) is -0.155. The number of aromatic amines is 1. The number of benzene rings is 3. The molecule has 9 atom stereocenters. The Balaban J connectivity index is 1.27. The highest BCUT2D eigenvalue weighted by atomic mass is 16.3. The van der Waals surface area contributed by atoms with Gasteiger partial charge in [-0.1, -0.05) is 74.5 Å². The molecule has 5 rings (SSSR count). The Morgan fingerprint density at radius 1 is 0.667 bits per heavy atom. The lowest BCUT2D eigenvalue weighted by Gasteiger charge is -2.30. The Hall–Kier alpha value is -9.80. The molecule has 1 aliphatic rings. The topological polar surface area (TPSA) is 458 Å². The zero-order valence-electron chi connectivity index (χ0n) is 49.1. The minimum absolute atomic E-state index is 0.00753. The normalized spacial score (nSPS) is 15.8. The lowest BCUT2D eigenvalue weighted by Crippen LogP contribution is -2.62. The summed E-state index contributed by atoms with van der Waals surface area (Å²) in [7, 11) is 1.48. The molecule has 0 bridgehead atoms. The predicted octanol–water partition coefficient (Wildman–Crippen LogP) is -2.38. The molecular weight excluding hydrogens is 1130 g/mol. The number of primary amides is 2. The summed E-state index contributed by atoms with van der Waals surface area (Å²) in [4.78, 5) is 157. The number of rotatable bonds is 30. The molecule has 0 saturated carbocycles. The molecule has 470 valence electrons. The van der Waals surface area contributed by atoms with E-state index in [0.717, 1.165) is 17.8 Å². The van der Waals surface area contributed by atoms with Crippen LogP contribution in [0.25, 0.3) is 10.9 Å². The molecule has 0 unspecified atom stereocenters. The minimum atomic E-state index is -1.85. The van der Waals surface area contributed by atoms with Crippen LogP contribution >= 0.6 is 0 Å². The summed E-state index contributed by atoms with van der Waals surface area (Å²) < 4.78 is 0. The quantitative estimate of drug-likeness (QED) is 0.0112. The summed E-state index contributed by atoms with van der Waals surface area (Å²) in [6.45, 7) is 6.25. The van der Waals surface area contributed by atoms with Gasteiger partial charge in [-0.2, -0.15) is 0 Å². The van der Waals surface area contributed by atoms with Gasteiger partial charge in [-0.3, -0.25) is 58.4 Å². The Morgan fingerprint density at radius 2 is 1.29 bits per heavy atom. The van der Waals surface area contributed by atoms with Gasteiger partial charge in [0.1, 0.15) is 54.1 Å². The van der Waals surface area contributed by atoms with E-state index in [4.69, 9.17) is 17.2 Å². The molecule has 1 aliphatic heterocycles. The molecule has 0 radical (unpaired) electrons. The molecule has 87 heavy (non-hydrogen) atoms. The molecule has 0 spiro atoms. The van der Waals surface area contributed by atoms with Crippen molar-refractivity contribution >= 4 is 82.0 Å². The number of aliphatic imine (C=N–C) groups is 1. The van der Waals surface area contributed by atoms with Crippen LogP contribution in [0.15, 0.2) is 90.1 Å². The van der Waals surface area contributed by atoms with E-state index in [-0.39, 0.29) is 75.7 Å². The zero-order chi connectivity index (χ0) is 63.9. The molecule has 4 aromatic rings. The second-order valence-corrected chi connectivity index (χ2v) is 21.6. The predicted molar refractivity (Wildman–Crippen MR) is 318 cm³/mol. The molecule has 29 nitrogen and oxygen atoms in total. The highest BCUT2D eigenvalue weighted by molar-refractivity contribution is 5.99. The van der Waals surface area contributed by atoms with E-state index < -0.39 is 126 Å². The van der Waals surface area contributed by atoms with Gasteiger partial charge in [-0.25, -0.2) is 10.2 Å². The molecule has 19 N–H and O–H groups in total. The van der Waals surface area contributed by atoms with Crippen molar-refractivity contribution in [2.45, 2.75) is 140 Å². The van der Waals surface area contributed by atoms with E-state index in [1.165, 1.54) is 31.0 Å². The number of hydrazine groups is 1. The van der Waals surface area contributed by atoms with E-state index in [2.05, 4.69) is 63.4 Å². The highest BCUT2D eigenvalue weighted by Crippen LogP contribution is 2.22. The maximum atomic E-state index is 14.1. The van der Waals surface area contributed by atoms with Crippen molar-refractivity contribution in [1.29, 1.82) is 0 Å². The Morgan fingerprint density at radius 3 is 1.93 bits per heavy atom. The number of aliphatic hydroxyl groups excluding tert-OH is 1. The van der Waals surface area contributed by atoms with Crippen LogP contribution in [0.5, 0.6) is 5.75 Å². The SMILES string of the molecule is CN=C(N)NCCC[C@H](NC(=O)[C@H](CC(C)C)NC(=O)NNC(=O)[C@H](Cc1ccccc1)NC(=O)[C@@H](NC(=O)[C@H](CC(N)=O)NC(=O)[C@H]1CCCN1C(=O)[C@@H](Cc1ccc(O)cc1)NC(C)=O)[C@@H](C)O)C(=O)N[C@@H](Cc1c[nH]c2ccccc12)C(N)=O. The number of likely N-dealkylation sites (tertiary alicyclic amines) is 1. The van der Waals surface area contributed by atoms with Crippen LogP contribution in [0.4, 0.5) is 4.79 Å². The fourth-order valence-electron chi connectivity index (χ4n) is 9.74. The largest absolute Gasteiger partial charge is 0.508 e. The Bertz CT molecular complexity index is 3100. The second-order valence-electron chi connectivity index (χ2n) is 21.6. The third-order valence-corrected chi connectivity index (χ3v) is 14.1. The lowest BCUT2D eigenvalue weighted by atomic mass is 10.0. The third-order valence-electron chi connectivity index (χ3n) is 14.1. The number of aromatic nitrogens is 1. The van der Waals surface area contributed by atoms with Crippen molar-refractivity contribution in [1.82, 2.24) is 63.3 Å². The molecule has 1 aromatic heterocycles. The molecule has 29 heteroatoms. The molecule has 12 amide bonds. The average Bonchev–Trinajstić information content (AvgIpc) is 2.40. The van der Waals surface area contributed by atoms with Crippen LogP contribution in [-0.4, -0.2) is 166 Å². The number of fused-ring (bicyclic) bond motifs is 1. The lowest BCUT2D eigenvalue weighted by molar-refractivity contribution is -0.142. The van der Waals surface area contributed by atoms with Crippen LogP contribution in [-0.2, 0) is 67.2 Å². The van der Waals surface area contributed by atoms with Crippen molar-refractivity contribution in [3.63, 3.8) is 0 Å². The van der Waals surface area contributed by atoms with Crippen molar-refractivity contribution in [3.8, 4) is 5.75 Å². The standard InChI is InChI=1S/C58H80N16O13/c1-31(2)25-42(51(81)66-40(17-11-23-63-57(61)62-5)50(80)67-41(49(60)79)28-36-30-64-39-16-10-9-15-38(36)39)70-58(87)73-72-53(83)43(26-34-13-7-6-8-14-34)69-55(85)48(32(3)75)71-52(82)44(29-47(59)78)68-54(84)46-18-12-24-74(46)56(86)45(65-33(4)76)27-35-19-21-37(77)22-20-35/h6-10,13-16,19-22,30-32,40-46,48,64,75,77H,11-12,17-18,23-29H2,1-5H3,(H2,59,78)(H2,60,79)(H,65,76)(H,66,81)(H,67,80)(H,68,84)(H,69,85)(H,71,82)(H,72,83)(H3,61,62,63)(H2,70,73,87)/t32-,40+,41+,42+,43+,44+,45-,46-,48+/m1/s1. The highest BCUT2D eigenvalue weighted by Gasteiger charge is 2.40. The van der Waals surface area contributed by atoms with Gasteiger partial charge < -0.3 is 79.8 Å². The molecule has 3 aromatic carbocycles. The number of nitrogens with one attached hydrogen (secondary N) is 11. The average molecular weight is 1210 g/mol. The number of aliphatic hydroxyl groups is 1. The summed E-state index contributed by atoms with van der Waals surface area (Å²) in [5, 5.41) is 42.0. The van der Waals surface area contributed by atoms with E-state index in [1.54, 1.807) is 62.5 Å². The van der Waals surface area contributed by atoms with Gasteiger partial charge in [-0.15, -0.1) is 0 Å². The van der Waals surface area contributed by atoms with E-state index in [1.807, 2.05) is 24.3 Å². The molecule has 0 aliphatic carbocycles. The number of amides is 12. The van der Waals surface area contributed by atoms with Crippen molar-refractivity contribution < 1.29 is 63.0 Å². The number of carbonyl (C=O) groups is 11. The molecule has 2 heterocycles. The van der Waals surface area contributed by atoms with E-state index in [9.17, 15) is 63.0 Å². The zero-order valence-corrected chi connectivity index (χ0v) is 49.1. The number of aromatic hydroxyl groups is 1. The minimum Gasteiger partial charge on any atom is -0.508 e. The van der Waals surface area contributed by atoms with Gasteiger partial charge in [0, 0.05) is 63.4 Å². The third kappa shape index (κ3) is 21.3. The summed E-state index contributed by atoms with van der Waals surface area (Å²) >= 11 is 0. The fraction of sp³-hybridized carbons (Fsp3) is 0.448. The Kier molecular flexibility index (Phi) is 25.8. The van der Waals surface area contributed by atoms with Crippen molar-refractivity contribution in [3.05, 3.63) is 102 Å². The van der Waals surface area contributed by atoms with Gasteiger partial charge in [0.2, 0.25) is 53.2 Å². The maximum Gasteiger partial charge on any atom is 0.334 e. The van der Waals surface area contributed by atoms with E-state index >= 15 is 0 Å². The Labute approximate surface area is 502 Å². The summed E-state index contributed by atoms with van der Waals surface area (Å²) in [6, 6.07) is 9.29. The number of hydrogen-bond acceptors (Lipinski definition) is 14. The van der Waals surface area contributed by atoms with Gasteiger partial charge in [0.15, 0.2) is 5.96 Å². The number of phenols is 1. The monoisotopic (exact) mass is 1210 g/mol. The van der Waals surface area contributed by atoms with Gasteiger partial charge in [0.05, 0.1) is 12.5 Å².